The Hall–Kier alpha value is -2.40. The van der Waals surface area contributed by atoms with Crippen LogP contribution in [0, 0.1) is 6.92 Å². The Morgan fingerprint density at radius 3 is 2.71 bits per heavy atom. The number of carbonyl (C=O) groups is 1. The van der Waals surface area contributed by atoms with E-state index >= 15 is 0 Å². The molecule has 106 valence electrons. The molecule has 0 saturated carbocycles. The first kappa shape index (κ1) is 13.6. The maximum absolute atomic E-state index is 11.6. The topological polar surface area (TPSA) is 51.2 Å². The number of hydrogen-bond acceptors (Lipinski definition) is 5. The number of hydrogen-bond donors (Lipinski definition) is 1. The highest BCUT2D eigenvalue weighted by Gasteiger charge is 2.15. The van der Waals surface area contributed by atoms with Gasteiger partial charge in [0, 0.05) is 5.69 Å². The monoisotopic (exact) mass is 298 g/mol. The lowest BCUT2D eigenvalue weighted by Gasteiger charge is -2.04. The largest absolute Gasteiger partial charge is 0.465 e. The Morgan fingerprint density at radius 1 is 1.19 bits per heavy atom. The molecule has 0 radical (unpaired) electrons. The molecule has 3 rings (SSSR count). The molecule has 4 nitrogen and oxygen atoms in total. The van der Waals surface area contributed by atoms with E-state index in [-0.39, 0.29) is 5.97 Å². The van der Waals surface area contributed by atoms with Gasteiger partial charge in [0.15, 0.2) is 5.13 Å². The predicted octanol–water partition coefficient (Wildman–Crippen LogP) is 4.13. The van der Waals surface area contributed by atoms with Gasteiger partial charge in [-0.05, 0) is 29.8 Å². The lowest BCUT2D eigenvalue weighted by molar-refractivity contribution is 0.0605. The summed E-state index contributed by atoms with van der Waals surface area (Å²) in [7, 11) is 1.37. The number of benzene rings is 2. The molecule has 21 heavy (non-hydrogen) atoms. The Balaban J connectivity index is 1.89. The maximum Gasteiger partial charge on any atom is 0.350 e. The summed E-state index contributed by atoms with van der Waals surface area (Å²) in [6, 6.07) is 14.3. The van der Waals surface area contributed by atoms with Crippen molar-refractivity contribution >= 4 is 38.9 Å². The molecule has 0 atom stereocenters. The second-order valence-corrected chi connectivity index (χ2v) is 5.61. The van der Waals surface area contributed by atoms with Crippen molar-refractivity contribution in [3.05, 3.63) is 53.0 Å². The predicted molar refractivity (Wildman–Crippen MR) is 85.4 cm³/mol. The van der Waals surface area contributed by atoms with Gasteiger partial charge in [-0.2, -0.15) is 0 Å². The average molecular weight is 298 g/mol. The van der Waals surface area contributed by atoms with Crippen LogP contribution in [0.1, 0.15) is 15.4 Å². The molecule has 0 saturated heterocycles. The van der Waals surface area contributed by atoms with E-state index < -0.39 is 0 Å². The van der Waals surface area contributed by atoms with Crippen LogP contribution in [0.25, 0.3) is 10.8 Å². The maximum atomic E-state index is 11.6. The molecule has 2 aromatic carbocycles. The fourth-order valence-electron chi connectivity index (χ4n) is 2.12. The molecule has 0 amide bonds. The van der Waals surface area contributed by atoms with Crippen LogP contribution in [-0.4, -0.2) is 18.1 Å². The molecule has 0 aliphatic heterocycles. The highest BCUT2D eigenvalue weighted by atomic mass is 32.1. The number of ether oxygens (including phenoxy) is 1. The number of esters is 1. The van der Waals surface area contributed by atoms with E-state index in [1.807, 2.05) is 18.2 Å². The molecule has 3 aromatic rings. The van der Waals surface area contributed by atoms with Gasteiger partial charge in [0.1, 0.15) is 4.88 Å². The van der Waals surface area contributed by atoms with Gasteiger partial charge >= 0.3 is 5.97 Å². The average Bonchev–Trinajstić information content (AvgIpc) is 2.87. The van der Waals surface area contributed by atoms with Gasteiger partial charge < -0.3 is 10.1 Å². The first-order valence-electron chi connectivity index (χ1n) is 6.49. The third-order valence-electron chi connectivity index (χ3n) is 3.17. The zero-order valence-corrected chi connectivity index (χ0v) is 12.5. The number of aromatic nitrogens is 1. The number of aryl methyl sites for hydroxylation is 1. The highest BCUT2D eigenvalue weighted by Crippen LogP contribution is 2.27. The molecule has 0 aliphatic carbocycles. The number of nitrogens with one attached hydrogen (secondary N) is 1. The fraction of sp³-hybridized carbons (Fsp3) is 0.125. The van der Waals surface area contributed by atoms with Crippen molar-refractivity contribution in [3.8, 4) is 0 Å². The molecular weight excluding hydrogens is 284 g/mol. The van der Waals surface area contributed by atoms with Gasteiger partial charge in [0.25, 0.3) is 0 Å². The van der Waals surface area contributed by atoms with Crippen molar-refractivity contribution in [3.63, 3.8) is 0 Å². The fourth-order valence-corrected chi connectivity index (χ4v) is 3.03. The van der Waals surface area contributed by atoms with Gasteiger partial charge in [-0.25, -0.2) is 9.78 Å². The minimum atomic E-state index is -0.350. The van der Waals surface area contributed by atoms with E-state index in [4.69, 9.17) is 4.74 Å². The van der Waals surface area contributed by atoms with Crippen molar-refractivity contribution in [2.24, 2.45) is 0 Å². The van der Waals surface area contributed by atoms with E-state index in [2.05, 4.69) is 34.6 Å². The molecule has 5 heteroatoms. The molecule has 1 aromatic heterocycles. The summed E-state index contributed by atoms with van der Waals surface area (Å²) >= 11 is 1.30. The molecular formula is C16H14N2O2S. The SMILES string of the molecule is COC(=O)c1sc(Nc2ccc3ccccc3c2)nc1C. The molecule has 0 unspecified atom stereocenters. The van der Waals surface area contributed by atoms with Gasteiger partial charge in [-0.3, -0.25) is 0 Å². The third kappa shape index (κ3) is 2.73. The standard InChI is InChI=1S/C16H14N2O2S/c1-10-14(15(19)20-2)21-16(17-10)18-13-8-7-11-5-3-4-6-12(11)9-13/h3-9H,1-2H3,(H,17,18). The van der Waals surface area contributed by atoms with Crippen LogP contribution >= 0.6 is 11.3 Å². The summed E-state index contributed by atoms with van der Waals surface area (Å²) in [5.41, 5.74) is 1.62. The Labute approximate surface area is 126 Å². The second kappa shape index (κ2) is 5.54. The van der Waals surface area contributed by atoms with Crippen LogP contribution in [0.3, 0.4) is 0 Å². The molecule has 1 N–H and O–H groups in total. The summed E-state index contributed by atoms with van der Waals surface area (Å²) in [5, 5.41) is 6.26. The number of anilines is 2. The van der Waals surface area contributed by atoms with Crippen LogP contribution in [0.2, 0.25) is 0 Å². The molecule has 0 fully saturated rings. The van der Waals surface area contributed by atoms with Crippen molar-refractivity contribution in [1.82, 2.24) is 4.98 Å². The molecule has 0 bridgehead atoms. The summed E-state index contributed by atoms with van der Waals surface area (Å²) in [6.07, 6.45) is 0. The minimum absolute atomic E-state index is 0.350. The van der Waals surface area contributed by atoms with Crippen molar-refractivity contribution in [1.29, 1.82) is 0 Å². The van der Waals surface area contributed by atoms with Crippen LogP contribution in [-0.2, 0) is 4.74 Å². The van der Waals surface area contributed by atoms with Crippen LogP contribution in [0.15, 0.2) is 42.5 Å². The number of rotatable bonds is 3. The second-order valence-electron chi connectivity index (χ2n) is 4.61. The van der Waals surface area contributed by atoms with Crippen LogP contribution in [0.4, 0.5) is 10.8 Å². The summed E-state index contributed by atoms with van der Waals surface area (Å²) in [4.78, 5) is 16.5. The van der Waals surface area contributed by atoms with Crippen molar-refractivity contribution in [2.45, 2.75) is 6.92 Å². The molecule has 0 spiro atoms. The Bertz CT molecular complexity index is 811. The number of nitrogens with zero attached hydrogens (tertiary/aromatic N) is 1. The zero-order chi connectivity index (χ0) is 14.8. The summed E-state index contributed by atoms with van der Waals surface area (Å²) in [5.74, 6) is -0.350. The van der Waals surface area contributed by atoms with Gasteiger partial charge in [-0.15, -0.1) is 0 Å². The van der Waals surface area contributed by atoms with Crippen molar-refractivity contribution in [2.75, 3.05) is 12.4 Å². The molecule has 1 heterocycles. The van der Waals surface area contributed by atoms with E-state index in [9.17, 15) is 4.79 Å². The van der Waals surface area contributed by atoms with Gasteiger partial charge in [0.05, 0.1) is 12.8 Å². The first-order chi connectivity index (χ1) is 10.2. The van der Waals surface area contributed by atoms with E-state index in [0.29, 0.717) is 15.7 Å². The van der Waals surface area contributed by atoms with E-state index in [0.717, 1.165) is 11.1 Å². The number of fused-ring (bicyclic) bond motifs is 1. The Kier molecular flexibility index (Phi) is 3.58. The van der Waals surface area contributed by atoms with E-state index in [1.165, 1.54) is 23.8 Å². The smallest absolute Gasteiger partial charge is 0.350 e. The zero-order valence-electron chi connectivity index (χ0n) is 11.7. The number of methoxy groups -OCH3 is 1. The van der Waals surface area contributed by atoms with Crippen LogP contribution in [0.5, 0.6) is 0 Å². The number of thiazole rings is 1. The van der Waals surface area contributed by atoms with Gasteiger partial charge in [0.2, 0.25) is 0 Å². The number of carbonyl (C=O) groups excluding carboxylic acids is 1. The highest BCUT2D eigenvalue weighted by molar-refractivity contribution is 7.17. The van der Waals surface area contributed by atoms with E-state index in [1.54, 1.807) is 6.92 Å². The first-order valence-corrected chi connectivity index (χ1v) is 7.30. The van der Waals surface area contributed by atoms with Crippen LogP contribution < -0.4 is 5.32 Å². The van der Waals surface area contributed by atoms with Gasteiger partial charge in [-0.1, -0.05) is 41.7 Å². The summed E-state index contributed by atoms with van der Waals surface area (Å²) in [6.45, 7) is 1.80. The Morgan fingerprint density at radius 2 is 1.95 bits per heavy atom. The third-order valence-corrected chi connectivity index (χ3v) is 4.22. The normalized spacial score (nSPS) is 10.6. The van der Waals surface area contributed by atoms with Crippen molar-refractivity contribution < 1.29 is 9.53 Å². The minimum Gasteiger partial charge on any atom is -0.465 e. The quantitative estimate of drug-likeness (QED) is 0.738. The summed E-state index contributed by atoms with van der Waals surface area (Å²) < 4.78 is 4.74. The lowest BCUT2D eigenvalue weighted by atomic mass is 10.1. The molecule has 0 aliphatic rings. The lowest BCUT2D eigenvalue weighted by Crippen LogP contribution is -1.99.